The average Bonchev–Trinajstić information content (AvgIpc) is 2.35. The van der Waals surface area contributed by atoms with Crippen LogP contribution < -0.4 is 15.2 Å². The maximum Gasteiger partial charge on any atom is 0.316 e. The number of nitrogens with two attached hydrogens (primary N) is 1. The minimum atomic E-state index is 0.350. The summed E-state index contributed by atoms with van der Waals surface area (Å²) in [6.45, 7) is 0.985. The number of hydrogen-bond acceptors (Lipinski definition) is 5. The molecule has 1 aromatic carbocycles. The van der Waals surface area contributed by atoms with E-state index in [1.165, 1.54) is 7.11 Å². The average molecular weight is 219 g/mol. The quantitative estimate of drug-likeness (QED) is 0.829. The minimum absolute atomic E-state index is 0.350. The van der Waals surface area contributed by atoms with Gasteiger partial charge < -0.3 is 15.2 Å². The van der Waals surface area contributed by atoms with Crippen molar-refractivity contribution in [1.82, 2.24) is 9.97 Å². The Morgan fingerprint density at radius 1 is 1.38 bits per heavy atom. The van der Waals surface area contributed by atoms with Crippen molar-refractivity contribution in [3.8, 4) is 11.8 Å². The van der Waals surface area contributed by atoms with Crippen molar-refractivity contribution in [2.75, 3.05) is 20.3 Å². The lowest BCUT2D eigenvalue weighted by atomic mass is 10.2. The number of ether oxygens (including phenoxy) is 2. The van der Waals surface area contributed by atoms with Crippen LogP contribution in [0.5, 0.6) is 11.8 Å². The van der Waals surface area contributed by atoms with Crippen molar-refractivity contribution in [1.29, 1.82) is 0 Å². The first-order valence-electron chi connectivity index (χ1n) is 4.97. The number of aromatic nitrogens is 2. The van der Waals surface area contributed by atoms with Crippen molar-refractivity contribution in [3.63, 3.8) is 0 Å². The lowest BCUT2D eigenvalue weighted by Crippen LogP contribution is -2.10. The Morgan fingerprint density at radius 2 is 2.25 bits per heavy atom. The van der Waals surface area contributed by atoms with Crippen LogP contribution >= 0.6 is 0 Å². The van der Waals surface area contributed by atoms with Crippen LogP contribution in [0.25, 0.3) is 10.9 Å². The second-order valence-electron chi connectivity index (χ2n) is 3.21. The maximum absolute atomic E-state index is 5.41. The van der Waals surface area contributed by atoms with Crippen molar-refractivity contribution in [2.24, 2.45) is 5.73 Å². The van der Waals surface area contributed by atoms with E-state index in [0.717, 1.165) is 16.7 Å². The van der Waals surface area contributed by atoms with Crippen molar-refractivity contribution in [2.45, 2.75) is 0 Å². The third-order valence-corrected chi connectivity index (χ3v) is 2.10. The zero-order valence-corrected chi connectivity index (χ0v) is 9.01. The van der Waals surface area contributed by atoms with Gasteiger partial charge in [0.1, 0.15) is 12.4 Å². The van der Waals surface area contributed by atoms with Crippen molar-refractivity contribution < 1.29 is 9.47 Å². The largest absolute Gasteiger partial charge is 0.492 e. The molecule has 2 aromatic rings. The highest BCUT2D eigenvalue weighted by Crippen LogP contribution is 2.20. The van der Waals surface area contributed by atoms with Crippen molar-refractivity contribution >= 4 is 10.9 Å². The van der Waals surface area contributed by atoms with E-state index in [1.807, 2.05) is 18.2 Å². The van der Waals surface area contributed by atoms with E-state index in [0.29, 0.717) is 19.2 Å². The molecule has 0 spiro atoms. The molecule has 0 unspecified atom stereocenters. The Labute approximate surface area is 93.2 Å². The van der Waals surface area contributed by atoms with Crippen LogP contribution in [0.3, 0.4) is 0 Å². The van der Waals surface area contributed by atoms with Gasteiger partial charge in [-0.2, -0.15) is 4.98 Å². The van der Waals surface area contributed by atoms with Gasteiger partial charge in [-0.15, -0.1) is 0 Å². The normalized spacial score (nSPS) is 10.4. The molecule has 0 radical (unpaired) electrons. The third kappa shape index (κ3) is 2.20. The van der Waals surface area contributed by atoms with Crippen LogP contribution in [-0.4, -0.2) is 30.2 Å². The van der Waals surface area contributed by atoms with Crippen LogP contribution in [0.2, 0.25) is 0 Å². The number of rotatable bonds is 4. The summed E-state index contributed by atoms with van der Waals surface area (Å²) in [6, 6.07) is 5.97. The van der Waals surface area contributed by atoms with Gasteiger partial charge in [-0.1, -0.05) is 0 Å². The number of hydrogen-bond donors (Lipinski definition) is 1. The monoisotopic (exact) mass is 219 g/mol. The molecule has 0 aliphatic carbocycles. The van der Waals surface area contributed by atoms with E-state index in [9.17, 15) is 0 Å². The highest BCUT2D eigenvalue weighted by Gasteiger charge is 2.01. The Bertz CT molecular complexity index is 488. The van der Waals surface area contributed by atoms with Gasteiger partial charge >= 0.3 is 6.01 Å². The molecule has 5 nitrogen and oxygen atoms in total. The molecule has 2 N–H and O–H groups in total. The van der Waals surface area contributed by atoms with Crippen LogP contribution in [-0.2, 0) is 0 Å². The van der Waals surface area contributed by atoms with E-state index < -0.39 is 0 Å². The highest BCUT2D eigenvalue weighted by atomic mass is 16.5. The molecule has 0 atom stereocenters. The fraction of sp³-hybridized carbons (Fsp3) is 0.273. The second kappa shape index (κ2) is 4.76. The second-order valence-corrected chi connectivity index (χ2v) is 3.21. The smallest absolute Gasteiger partial charge is 0.316 e. The van der Waals surface area contributed by atoms with Crippen LogP contribution in [0.15, 0.2) is 24.4 Å². The van der Waals surface area contributed by atoms with Gasteiger partial charge in [0.25, 0.3) is 0 Å². The molecule has 0 bridgehead atoms. The lowest BCUT2D eigenvalue weighted by Gasteiger charge is -2.05. The van der Waals surface area contributed by atoms with Crippen molar-refractivity contribution in [3.05, 3.63) is 24.4 Å². The first kappa shape index (κ1) is 10.6. The number of benzene rings is 1. The molecule has 0 amide bonds. The molecule has 0 fully saturated rings. The van der Waals surface area contributed by atoms with E-state index >= 15 is 0 Å². The summed E-state index contributed by atoms with van der Waals surface area (Å²) in [5, 5.41) is 0.945. The zero-order valence-electron chi connectivity index (χ0n) is 9.01. The zero-order chi connectivity index (χ0) is 11.4. The molecule has 5 heteroatoms. The van der Waals surface area contributed by atoms with Crippen LogP contribution in [0, 0.1) is 0 Å². The SMILES string of the molecule is COc1ncc2ccc(OCCN)cc2n1. The molecule has 2 rings (SSSR count). The standard InChI is InChI=1S/C11H13N3O2/c1-15-11-13-7-8-2-3-9(16-5-4-12)6-10(8)14-11/h2-3,6-7H,4-5,12H2,1H3. The van der Waals surface area contributed by atoms with E-state index in [1.54, 1.807) is 6.20 Å². The van der Waals surface area contributed by atoms with Gasteiger partial charge in [-0.25, -0.2) is 4.98 Å². The molecule has 1 aromatic heterocycles. The molecule has 16 heavy (non-hydrogen) atoms. The number of methoxy groups -OCH3 is 1. The minimum Gasteiger partial charge on any atom is -0.492 e. The Morgan fingerprint density at radius 3 is 3.00 bits per heavy atom. The fourth-order valence-electron chi connectivity index (χ4n) is 1.35. The Hall–Kier alpha value is -1.88. The summed E-state index contributed by atoms with van der Waals surface area (Å²) in [5.74, 6) is 0.749. The first-order valence-corrected chi connectivity index (χ1v) is 4.97. The number of nitrogens with zero attached hydrogens (tertiary/aromatic N) is 2. The molecule has 1 heterocycles. The van der Waals surface area contributed by atoms with Gasteiger partial charge in [0.05, 0.1) is 12.6 Å². The van der Waals surface area contributed by atoms with Gasteiger partial charge in [-0.05, 0) is 12.1 Å². The lowest BCUT2D eigenvalue weighted by molar-refractivity contribution is 0.328. The molecule has 0 saturated heterocycles. The third-order valence-electron chi connectivity index (χ3n) is 2.10. The topological polar surface area (TPSA) is 70.3 Å². The molecular formula is C11H13N3O2. The Balaban J connectivity index is 2.35. The van der Waals surface area contributed by atoms with Crippen LogP contribution in [0.4, 0.5) is 0 Å². The summed E-state index contributed by atoms with van der Waals surface area (Å²) < 4.78 is 10.4. The van der Waals surface area contributed by atoms with Gasteiger partial charge in [0.15, 0.2) is 0 Å². The summed E-state index contributed by atoms with van der Waals surface area (Å²) in [5.41, 5.74) is 6.16. The summed E-state index contributed by atoms with van der Waals surface area (Å²) in [6.07, 6.45) is 1.72. The van der Waals surface area contributed by atoms with Gasteiger partial charge in [-0.3, -0.25) is 0 Å². The predicted molar refractivity (Wildman–Crippen MR) is 60.6 cm³/mol. The maximum atomic E-state index is 5.41. The van der Waals surface area contributed by atoms with Crippen LogP contribution in [0.1, 0.15) is 0 Å². The van der Waals surface area contributed by atoms with Gasteiger partial charge in [0, 0.05) is 24.2 Å². The van der Waals surface area contributed by atoms with Gasteiger partial charge in [0.2, 0.25) is 0 Å². The predicted octanol–water partition coefficient (Wildman–Crippen LogP) is 0.976. The first-order chi connectivity index (χ1) is 7.83. The molecule has 0 saturated carbocycles. The highest BCUT2D eigenvalue weighted by molar-refractivity contribution is 5.79. The summed E-state index contributed by atoms with van der Waals surface area (Å²) >= 11 is 0. The van der Waals surface area contributed by atoms with E-state index in [2.05, 4.69) is 9.97 Å². The fourth-order valence-corrected chi connectivity index (χ4v) is 1.35. The molecule has 0 aliphatic heterocycles. The Kier molecular flexibility index (Phi) is 3.16. The molecule has 84 valence electrons. The van der Waals surface area contributed by atoms with E-state index in [4.69, 9.17) is 15.2 Å². The molecule has 0 aliphatic rings. The number of fused-ring (bicyclic) bond motifs is 1. The summed E-state index contributed by atoms with van der Waals surface area (Å²) in [4.78, 5) is 8.24. The van der Waals surface area contributed by atoms with E-state index in [-0.39, 0.29) is 0 Å². The molecular weight excluding hydrogens is 206 g/mol. The summed E-state index contributed by atoms with van der Waals surface area (Å²) in [7, 11) is 1.54.